The Bertz CT molecular complexity index is 1880. The molecule has 0 saturated carbocycles. The van der Waals surface area contributed by atoms with E-state index in [9.17, 15) is 43.2 Å². The van der Waals surface area contributed by atoms with Gasteiger partial charge < -0.3 is 33.8 Å². The highest BCUT2D eigenvalue weighted by atomic mass is 31.2. The van der Waals surface area contributed by atoms with Gasteiger partial charge in [0.2, 0.25) is 0 Å². The Kier molecular flexibility index (Phi) is 65.0. The fourth-order valence-electron chi connectivity index (χ4n) is 10.8. The van der Waals surface area contributed by atoms with E-state index < -0.39 is 97.5 Å². The van der Waals surface area contributed by atoms with E-state index in [0.29, 0.717) is 25.7 Å². The van der Waals surface area contributed by atoms with Crippen LogP contribution in [0.3, 0.4) is 0 Å². The molecule has 2 unspecified atom stereocenters. The Morgan fingerprint density at radius 1 is 0.333 bits per heavy atom. The molecule has 0 aromatic carbocycles. The normalized spacial score (nSPS) is 14.2. The third-order valence-corrected chi connectivity index (χ3v) is 18.6. The van der Waals surface area contributed by atoms with E-state index in [-0.39, 0.29) is 25.7 Å². The van der Waals surface area contributed by atoms with Gasteiger partial charge >= 0.3 is 39.5 Å². The van der Waals surface area contributed by atoms with Gasteiger partial charge in [0.15, 0.2) is 12.2 Å². The van der Waals surface area contributed by atoms with Crippen LogP contribution in [0.2, 0.25) is 0 Å². The number of carbonyl (C=O) groups excluding carboxylic acids is 4. The van der Waals surface area contributed by atoms with Crippen LogP contribution >= 0.6 is 15.6 Å². The van der Waals surface area contributed by atoms with Gasteiger partial charge in [-0.25, -0.2) is 9.13 Å². The number of rotatable bonds is 72. The fraction of sp³-hybridized carbons (Fsp3) is 0.892. The van der Waals surface area contributed by atoms with Gasteiger partial charge in [-0.1, -0.05) is 309 Å². The SMILES string of the molecule is CCCCCC/C=C\C=C/CCCCCCCC(=O)OC[C@H](COP(=O)(O)OC[C@@H](O)COP(=O)(O)OC[C@@H](COC(=O)CCCCCCCCCC)OC(=O)CCCCCCCCCCCCCC(C)C)OC(=O)CCCCCCCCCCCCCCCCCC. The van der Waals surface area contributed by atoms with Crippen LogP contribution in [-0.4, -0.2) is 96.7 Å². The van der Waals surface area contributed by atoms with Crippen LogP contribution in [0.1, 0.15) is 362 Å². The van der Waals surface area contributed by atoms with E-state index in [1.807, 2.05) is 0 Å². The first-order chi connectivity index (χ1) is 45.0. The smallest absolute Gasteiger partial charge is 0.462 e. The van der Waals surface area contributed by atoms with Gasteiger partial charge in [-0.15, -0.1) is 0 Å². The number of hydrogen-bond acceptors (Lipinski definition) is 15. The van der Waals surface area contributed by atoms with Gasteiger partial charge in [0.05, 0.1) is 26.4 Å². The highest BCUT2D eigenvalue weighted by molar-refractivity contribution is 7.47. The minimum Gasteiger partial charge on any atom is -0.462 e. The summed E-state index contributed by atoms with van der Waals surface area (Å²) in [5.74, 6) is -1.38. The predicted octanol–water partition coefficient (Wildman–Crippen LogP) is 21.2. The molecule has 0 amide bonds. The van der Waals surface area contributed by atoms with Crippen LogP contribution < -0.4 is 0 Å². The molecule has 0 fully saturated rings. The van der Waals surface area contributed by atoms with Crippen molar-refractivity contribution >= 4 is 39.5 Å². The molecule has 5 atom stereocenters. The fourth-order valence-corrected chi connectivity index (χ4v) is 12.4. The lowest BCUT2D eigenvalue weighted by Gasteiger charge is -2.21. The first-order valence-electron chi connectivity index (χ1n) is 38.0. The molecule has 0 aromatic heterocycles. The lowest BCUT2D eigenvalue weighted by molar-refractivity contribution is -0.161. The second kappa shape index (κ2) is 66.8. The van der Waals surface area contributed by atoms with Crippen molar-refractivity contribution in [1.29, 1.82) is 0 Å². The third kappa shape index (κ3) is 67.9. The van der Waals surface area contributed by atoms with E-state index in [1.165, 1.54) is 161 Å². The van der Waals surface area contributed by atoms with Crippen molar-refractivity contribution in [3.05, 3.63) is 24.3 Å². The molecule has 0 aliphatic heterocycles. The van der Waals surface area contributed by atoms with Crippen LogP contribution in [0.15, 0.2) is 24.3 Å². The quantitative estimate of drug-likeness (QED) is 0.0169. The molecule has 0 aliphatic rings. The Labute approximate surface area is 567 Å². The highest BCUT2D eigenvalue weighted by Gasteiger charge is 2.30. The first-order valence-corrected chi connectivity index (χ1v) is 40.9. The Morgan fingerprint density at radius 3 is 0.882 bits per heavy atom. The molecule has 17 nitrogen and oxygen atoms in total. The Hall–Kier alpha value is -2.46. The molecule has 3 N–H and O–H groups in total. The highest BCUT2D eigenvalue weighted by Crippen LogP contribution is 2.45. The van der Waals surface area contributed by atoms with Crippen LogP contribution in [0, 0.1) is 5.92 Å². The molecule has 0 heterocycles. The van der Waals surface area contributed by atoms with Crippen molar-refractivity contribution in [3.63, 3.8) is 0 Å². The number of aliphatic hydroxyl groups excluding tert-OH is 1. The molecule has 0 saturated heterocycles. The zero-order valence-corrected chi connectivity index (χ0v) is 61.7. The van der Waals surface area contributed by atoms with Gasteiger partial charge in [0.25, 0.3) is 0 Å². The largest absolute Gasteiger partial charge is 0.472 e. The van der Waals surface area contributed by atoms with E-state index >= 15 is 0 Å². The maximum atomic E-state index is 13.1. The molecule has 0 radical (unpaired) electrons. The van der Waals surface area contributed by atoms with Crippen molar-refractivity contribution in [3.8, 4) is 0 Å². The van der Waals surface area contributed by atoms with Crippen LogP contribution in [0.5, 0.6) is 0 Å². The molecule has 93 heavy (non-hydrogen) atoms. The zero-order valence-electron chi connectivity index (χ0n) is 59.9. The number of hydrogen-bond donors (Lipinski definition) is 3. The number of allylic oxidation sites excluding steroid dienone is 4. The lowest BCUT2D eigenvalue weighted by Crippen LogP contribution is -2.30. The van der Waals surface area contributed by atoms with Crippen LogP contribution in [0.25, 0.3) is 0 Å². The summed E-state index contributed by atoms with van der Waals surface area (Å²) in [6, 6.07) is 0. The average molecular weight is 1360 g/mol. The number of aliphatic hydroxyl groups is 1. The van der Waals surface area contributed by atoms with Crippen LogP contribution in [-0.2, 0) is 65.4 Å². The van der Waals surface area contributed by atoms with Crippen LogP contribution in [0.4, 0.5) is 0 Å². The lowest BCUT2D eigenvalue weighted by atomic mass is 10.0. The Morgan fingerprint density at radius 2 is 0.581 bits per heavy atom. The number of unbranched alkanes of at least 4 members (excludes halogenated alkanes) is 41. The summed E-state index contributed by atoms with van der Waals surface area (Å²) < 4.78 is 68.3. The summed E-state index contributed by atoms with van der Waals surface area (Å²) in [6.07, 6.45) is 57.7. The van der Waals surface area contributed by atoms with E-state index in [1.54, 1.807) is 0 Å². The van der Waals surface area contributed by atoms with Gasteiger partial charge in [-0.2, -0.15) is 0 Å². The molecule has 19 heteroatoms. The van der Waals surface area contributed by atoms with Gasteiger partial charge in [-0.3, -0.25) is 37.3 Å². The summed E-state index contributed by atoms with van der Waals surface area (Å²) >= 11 is 0. The summed E-state index contributed by atoms with van der Waals surface area (Å²) in [5, 5.41) is 10.6. The van der Waals surface area contributed by atoms with Gasteiger partial charge in [0.1, 0.15) is 19.3 Å². The van der Waals surface area contributed by atoms with Crippen molar-refractivity contribution in [2.45, 2.75) is 380 Å². The second-order valence-electron chi connectivity index (χ2n) is 26.5. The van der Waals surface area contributed by atoms with E-state index in [0.717, 1.165) is 121 Å². The zero-order chi connectivity index (χ0) is 68.4. The predicted molar refractivity (Wildman–Crippen MR) is 377 cm³/mol. The summed E-state index contributed by atoms with van der Waals surface area (Å²) in [7, 11) is -9.91. The standard InChI is InChI=1S/C74H140O17P2/c1-6-9-12-15-18-21-23-25-27-29-31-35-39-44-49-54-59-73(78)91-70(64-85-72(77)58-53-48-43-38-34-30-28-26-24-22-19-16-13-10-7-2)66-89-93(82,83)87-62-68(75)61-86-92(80,81)88-65-69(63-84-71(76)57-52-47-42-20-17-14-11-8-3)90-74(79)60-55-50-45-40-36-32-33-37-41-46-51-56-67(4)5/h22,24,26,28,67-70,75H,6-21,23,25,27,29-66H2,1-5H3,(H,80,81)(H,82,83)/b24-22-,28-26-/t68-,69+,70+/m0/s1. The van der Waals surface area contributed by atoms with Gasteiger partial charge in [0, 0.05) is 25.7 Å². The number of phosphoric acid groups is 2. The maximum absolute atomic E-state index is 13.1. The average Bonchev–Trinajstić information content (AvgIpc) is 1.67. The van der Waals surface area contributed by atoms with Gasteiger partial charge in [-0.05, 0) is 57.3 Å². The maximum Gasteiger partial charge on any atom is 0.472 e. The minimum absolute atomic E-state index is 0.101. The second-order valence-corrected chi connectivity index (χ2v) is 29.4. The molecule has 0 aromatic rings. The molecule has 0 bridgehead atoms. The molecular weight excluding hydrogens is 1220 g/mol. The van der Waals surface area contributed by atoms with E-state index in [4.69, 9.17) is 37.0 Å². The molecule has 0 rings (SSSR count). The number of phosphoric ester groups is 2. The summed E-state index contributed by atoms with van der Waals surface area (Å²) in [4.78, 5) is 72.6. The summed E-state index contributed by atoms with van der Waals surface area (Å²) in [5.41, 5.74) is 0. The molecule has 0 aliphatic carbocycles. The molecule has 0 spiro atoms. The van der Waals surface area contributed by atoms with E-state index in [2.05, 4.69) is 58.9 Å². The third-order valence-electron chi connectivity index (χ3n) is 16.7. The first kappa shape index (κ1) is 90.5. The summed E-state index contributed by atoms with van der Waals surface area (Å²) in [6.45, 7) is 7.19. The van der Waals surface area contributed by atoms with Crippen molar-refractivity contribution < 1.29 is 80.2 Å². The Balaban J connectivity index is 5.26. The molecular formula is C74H140O17P2. The van der Waals surface area contributed by atoms with Crippen molar-refractivity contribution in [2.24, 2.45) is 5.92 Å². The number of carbonyl (C=O) groups is 4. The topological polar surface area (TPSA) is 237 Å². The monoisotopic (exact) mass is 1360 g/mol. The molecule has 548 valence electrons. The van der Waals surface area contributed by atoms with Crippen molar-refractivity contribution in [2.75, 3.05) is 39.6 Å². The van der Waals surface area contributed by atoms with Crippen molar-refractivity contribution in [1.82, 2.24) is 0 Å². The minimum atomic E-state index is -4.96. The number of ether oxygens (including phenoxy) is 4. The number of esters is 4.